The summed E-state index contributed by atoms with van der Waals surface area (Å²) in [5.74, 6) is 0.489. The molecule has 0 bridgehead atoms. The van der Waals surface area contributed by atoms with Crippen LogP contribution >= 0.6 is 0 Å². The zero-order valence-electron chi connectivity index (χ0n) is 14.7. The lowest BCUT2D eigenvalue weighted by Gasteiger charge is -2.22. The van der Waals surface area contributed by atoms with Gasteiger partial charge in [0, 0.05) is 0 Å². The van der Waals surface area contributed by atoms with E-state index in [-0.39, 0.29) is 25.1 Å². The van der Waals surface area contributed by atoms with E-state index in [1.54, 1.807) is 6.92 Å². The molecule has 3 amide bonds. The molecule has 5 nitrogen and oxygen atoms in total. The van der Waals surface area contributed by atoms with E-state index in [0.29, 0.717) is 0 Å². The number of ether oxygens (including phenoxy) is 1. The molecule has 1 atom stereocenters. The summed E-state index contributed by atoms with van der Waals surface area (Å²) in [5.41, 5.74) is 1.97. The fourth-order valence-corrected chi connectivity index (χ4v) is 3.14. The molecule has 1 aliphatic rings. The molecule has 3 rings (SSSR count). The van der Waals surface area contributed by atoms with Crippen molar-refractivity contribution in [1.29, 1.82) is 0 Å². The predicted molar refractivity (Wildman–Crippen MR) is 95.4 cm³/mol. The van der Waals surface area contributed by atoms with Crippen LogP contribution in [-0.4, -0.2) is 30.0 Å². The van der Waals surface area contributed by atoms with E-state index in [4.69, 9.17) is 4.74 Å². The highest BCUT2D eigenvalue weighted by atomic mass is 16.5. The Morgan fingerprint density at radius 2 is 1.68 bits per heavy atom. The summed E-state index contributed by atoms with van der Waals surface area (Å²) >= 11 is 0. The van der Waals surface area contributed by atoms with Crippen LogP contribution in [0.4, 0.5) is 4.79 Å². The zero-order valence-corrected chi connectivity index (χ0v) is 14.7. The van der Waals surface area contributed by atoms with Crippen molar-refractivity contribution in [3.05, 3.63) is 65.2 Å². The van der Waals surface area contributed by atoms with E-state index in [1.165, 1.54) is 4.90 Å². The van der Waals surface area contributed by atoms with Gasteiger partial charge in [0.25, 0.3) is 5.91 Å². The second kappa shape index (κ2) is 6.59. The van der Waals surface area contributed by atoms with Gasteiger partial charge in [-0.15, -0.1) is 0 Å². The van der Waals surface area contributed by atoms with Crippen LogP contribution in [0.1, 0.15) is 23.6 Å². The van der Waals surface area contributed by atoms with E-state index in [9.17, 15) is 9.59 Å². The number of carbonyl (C=O) groups is 2. The summed E-state index contributed by atoms with van der Waals surface area (Å²) in [5, 5.41) is 2.80. The lowest BCUT2D eigenvalue weighted by Crippen LogP contribution is -2.41. The Bertz CT molecular complexity index is 784. The van der Waals surface area contributed by atoms with Crippen molar-refractivity contribution in [3.8, 4) is 5.75 Å². The molecule has 5 heteroatoms. The molecule has 0 radical (unpaired) electrons. The maximum absolute atomic E-state index is 12.8. The minimum atomic E-state index is -1.03. The summed E-state index contributed by atoms with van der Waals surface area (Å²) in [6.45, 7) is 6.20. The smallest absolute Gasteiger partial charge is 0.325 e. The van der Waals surface area contributed by atoms with Crippen molar-refractivity contribution in [2.75, 3.05) is 13.2 Å². The minimum absolute atomic E-state index is 0.208. The third kappa shape index (κ3) is 3.36. The van der Waals surface area contributed by atoms with Gasteiger partial charge in [-0.3, -0.25) is 9.69 Å². The summed E-state index contributed by atoms with van der Waals surface area (Å²) in [7, 11) is 0. The maximum atomic E-state index is 12.8. The maximum Gasteiger partial charge on any atom is 0.325 e. The standard InChI is InChI=1S/C20H22N2O3/c1-14-11-15(2)13-17(12-14)25-10-9-22-18(23)20(3,21-19(22)24)16-7-5-4-6-8-16/h4-8,11-13H,9-10H2,1-3H3,(H,21,24)/t20-/m0/s1. The number of imide groups is 1. The van der Waals surface area contributed by atoms with Gasteiger partial charge >= 0.3 is 6.03 Å². The van der Waals surface area contributed by atoms with Crippen LogP contribution in [0.3, 0.4) is 0 Å². The molecule has 0 unspecified atom stereocenters. The highest BCUT2D eigenvalue weighted by molar-refractivity contribution is 6.07. The molecular formula is C20H22N2O3. The normalized spacial score (nSPS) is 19.9. The zero-order chi connectivity index (χ0) is 18.0. The summed E-state index contributed by atoms with van der Waals surface area (Å²) in [6.07, 6.45) is 0. The van der Waals surface area contributed by atoms with E-state index in [1.807, 2.05) is 56.3 Å². The molecule has 1 aliphatic heterocycles. The lowest BCUT2D eigenvalue weighted by atomic mass is 9.92. The molecule has 130 valence electrons. The molecule has 1 saturated heterocycles. The Kier molecular flexibility index (Phi) is 4.49. The quantitative estimate of drug-likeness (QED) is 0.852. The second-order valence-corrected chi connectivity index (χ2v) is 6.55. The van der Waals surface area contributed by atoms with Gasteiger partial charge in [-0.05, 0) is 49.6 Å². The molecule has 25 heavy (non-hydrogen) atoms. The third-order valence-corrected chi connectivity index (χ3v) is 4.40. The van der Waals surface area contributed by atoms with E-state index in [0.717, 1.165) is 22.4 Å². The van der Waals surface area contributed by atoms with Crippen LogP contribution in [0.15, 0.2) is 48.5 Å². The summed E-state index contributed by atoms with van der Waals surface area (Å²) < 4.78 is 5.73. The van der Waals surface area contributed by atoms with Gasteiger partial charge in [-0.25, -0.2) is 4.79 Å². The monoisotopic (exact) mass is 338 g/mol. The number of hydrogen-bond donors (Lipinski definition) is 1. The Morgan fingerprint density at radius 1 is 1.04 bits per heavy atom. The molecule has 1 heterocycles. The molecule has 1 fully saturated rings. The van der Waals surface area contributed by atoms with Crippen molar-refractivity contribution in [2.24, 2.45) is 0 Å². The Labute approximate surface area is 147 Å². The fraction of sp³-hybridized carbons (Fsp3) is 0.300. The van der Waals surface area contributed by atoms with Gasteiger partial charge in [0.1, 0.15) is 17.9 Å². The van der Waals surface area contributed by atoms with Gasteiger partial charge in [0.05, 0.1) is 6.54 Å². The van der Waals surface area contributed by atoms with Gasteiger partial charge in [-0.1, -0.05) is 36.4 Å². The number of nitrogens with zero attached hydrogens (tertiary/aromatic N) is 1. The first-order chi connectivity index (χ1) is 11.9. The van der Waals surface area contributed by atoms with Crippen molar-refractivity contribution < 1.29 is 14.3 Å². The number of aryl methyl sites for hydroxylation is 2. The van der Waals surface area contributed by atoms with Crippen LogP contribution < -0.4 is 10.1 Å². The number of amides is 3. The molecule has 0 aromatic heterocycles. The van der Waals surface area contributed by atoms with Crippen molar-refractivity contribution in [3.63, 3.8) is 0 Å². The number of carbonyl (C=O) groups excluding carboxylic acids is 2. The van der Waals surface area contributed by atoms with Gasteiger partial charge in [0.15, 0.2) is 0 Å². The first-order valence-corrected chi connectivity index (χ1v) is 8.31. The Morgan fingerprint density at radius 3 is 2.32 bits per heavy atom. The first kappa shape index (κ1) is 17.0. The highest BCUT2D eigenvalue weighted by Crippen LogP contribution is 2.28. The second-order valence-electron chi connectivity index (χ2n) is 6.55. The molecule has 1 N–H and O–H groups in total. The largest absolute Gasteiger partial charge is 0.492 e. The number of nitrogens with one attached hydrogen (secondary N) is 1. The molecule has 0 spiro atoms. The molecule has 0 aliphatic carbocycles. The van der Waals surface area contributed by atoms with E-state index in [2.05, 4.69) is 11.4 Å². The highest BCUT2D eigenvalue weighted by Gasteiger charge is 2.48. The van der Waals surface area contributed by atoms with Crippen LogP contribution in [0.5, 0.6) is 5.75 Å². The van der Waals surface area contributed by atoms with Crippen molar-refractivity contribution in [1.82, 2.24) is 10.2 Å². The summed E-state index contributed by atoms with van der Waals surface area (Å²) in [6, 6.07) is 14.8. The topological polar surface area (TPSA) is 58.6 Å². The van der Waals surface area contributed by atoms with Crippen LogP contribution in [0.25, 0.3) is 0 Å². The average molecular weight is 338 g/mol. The van der Waals surface area contributed by atoms with Gasteiger partial charge in [-0.2, -0.15) is 0 Å². The fourth-order valence-electron chi connectivity index (χ4n) is 3.14. The van der Waals surface area contributed by atoms with Crippen LogP contribution in [0.2, 0.25) is 0 Å². The molecule has 2 aromatic rings. The Balaban J connectivity index is 1.67. The SMILES string of the molecule is Cc1cc(C)cc(OCCN2C(=O)N[C@@](C)(c3ccccc3)C2=O)c1. The van der Waals surface area contributed by atoms with Crippen LogP contribution in [0, 0.1) is 13.8 Å². The van der Waals surface area contributed by atoms with Gasteiger partial charge in [0.2, 0.25) is 0 Å². The minimum Gasteiger partial charge on any atom is -0.492 e. The van der Waals surface area contributed by atoms with Crippen molar-refractivity contribution >= 4 is 11.9 Å². The Hall–Kier alpha value is -2.82. The lowest BCUT2D eigenvalue weighted by molar-refractivity contribution is -0.131. The molecular weight excluding hydrogens is 316 g/mol. The third-order valence-electron chi connectivity index (χ3n) is 4.40. The number of rotatable bonds is 5. The van der Waals surface area contributed by atoms with E-state index >= 15 is 0 Å². The van der Waals surface area contributed by atoms with Gasteiger partial charge < -0.3 is 10.1 Å². The molecule has 0 saturated carbocycles. The first-order valence-electron chi connectivity index (χ1n) is 8.31. The summed E-state index contributed by atoms with van der Waals surface area (Å²) in [4.78, 5) is 26.3. The van der Waals surface area contributed by atoms with Crippen LogP contribution in [-0.2, 0) is 10.3 Å². The predicted octanol–water partition coefficient (Wildman–Crippen LogP) is 3.15. The number of hydrogen-bond acceptors (Lipinski definition) is 3. The number of benzene rings is 2. The number of urea groups is 1. The average Bonchev–Trinajstić information content (AvgIpc) is 2.79. The molecule has 2 aromatic carbocycles. The van der Waals surface area contributed by atoms with Crippen molar-refractivity contribution in [2.45, 2.75) is 26.3 Å². The van der Waals surface area contributed by atoms with E-state index < -0.39 is 5.54 Å².